The molecule has 0 fully saturated rings. The van der Waals surface area contributed by atoms with Crippen LogP contribution in [0.25, 0.3) is 0 Å². The number of ether oxygens (including phenoxy) is 1. The van der Waals surface area contributed by atoms with Gasteiger partial charge in [-0.15, -0.1) is 0 Å². The zero-order valence-corrected chi connectivity index (χ0v) is 12.3. The van der Waals surface area contributed by atoms with Crippen molar-refractivity contribution < 1.29 is 9.53 Å². The van der Waals surface area contributed by atoms with Crippen molar-refractivity contribution >= 4 is 34.7 Å². The second-order valence-electron chi connectivity index (χ2n) is 4.09. The van der Waals surface area contributed by atoms with E-state index in [0.717, 1.165) is 6.42 Å². The van der Waals surface area contributed by atoms with Gasteiger partial charge in [0.25, 0.3) is 5.91 Å². The van der Waals surface area contributed by atoms with Crippen molar-refractivity contribution in [3.63, 3.8) is 0 Å². The highest BCUT2D eigenvalue weighted by atomic mass is 35.5. The average Bonchev–Trinajstić information content (AvgIpc) is 2.36. The Morgan fingerprint density at radius 3 is 2.63 bits per heavy atom. The van der Waals surface area contributed by atoms with Crippen LogP contribution in [0, 0.1) is 0 Å². The maximum atomic E-state index is 11.7. The lowest BCUT2D eigenvalue weighted by atomic mass is 10.1. The van der Waals surface area contributed by atoms with Crippen molar-refractivity contribution in [1.82, 2.24) is 5.32 Å². The van der Waals surface area contributed by atoms with E-state index in [1.54, 1.807) is 24.3 Å². The Morgan fingerprint density at radius 1 is 1.47 bits per heavy atom. The fraction of sp³-hybridized carbons (Fsp3) is 0.385. The zero-order chi connectivity index (χ0) is 14.3. The van der Waals surface area contributed by atoms with Gasteiger partial charge in [-0.1, -0.05) is 30.7 Å². The van der Waals surface area contributed by atoms with Crippen LogP contribution in [0.1, 0.15) is 19.8 Å². The van der Waals surface area contributed by atoms with Crippen LogP contribution in [0.15, 0.2) is 24.3 Å². The zero-order valence-electron chi connectivity index (χ0n) is 10.7. The molecule has 0 aliphatic carbocycles. The van der Waals surface area contributed by atoms with E-state index in [2.05, 4.69) is 5.32 Å². The summed E-state index contributed by atoms with van der Waals surface area (Å²) in [6, 6.07) is 6.79. The fourth-order valence-corrected chi connectivity index (χ4v) is 1.82. The molecule has 6 heteroatoms. The lowest BCUT2D eigenvalue weighted by Gasteiger charge is -2.16. The van der Waals surface area contributed by atoms with Gasteiger partial charge < -0.3 is 15.8 Å². The average molecular weight is 301 g/mol. The predicted molar refractivity (Wildman–Crippen MR) is 80.6 cm³/mol. The summed E-state index contributed by atoms with van der Waals surface area (Å²) in [7, 11) is 0. The molecular weight excluding hydrogens is 284 g/mol. The van der Waals surface area contributed by atoms with E-state index >= 15 is 0 Å². The van der Waals surface area contributed by atoms with E-state index < -0.39 is 0 Å². The van der Waals surface area contributed by atoms with Crippen LogP contribution in [-0.2, 0) is 4.79 Å². The van der Waals surface area contributed by atoms with Gasteiger partial charge in [0.2, 0.25) is 0 Å². The quantitative estimate of drug-likeness (QED) is 0.758. The van der Waals surface area contributed by atoms with Gasteiger partial charge in [0.1, 0.15) is 5.75 Å². The van der Waals surface area contributed by atoms with Crippen molar-refractivity contribution in [2.45, 2.75) is 25.8 Å². The number of nitrogens with one attached hydrogen (secondary N) is 1. The van der Waals surface area contributed by atoms with E-state index in [1.165, 1.54) is 0 Å². The van der Waals surface area contributed by atoms with Crippen LogP contribution < -0.4 is 15.8 Å². The van der Waals surface area contributed by atoms with Gasteiger partial charge in [-0.2, -0.15) is 0 Å². The van der Waals surface area contributed by atoms with Crippen LogP contribution in [0.3, 0.4) is 0 Å². The van der Waals surface area contributed by atoms with Crippen LogP contribution in [-0.4, -0.2) is 23.5 Å². The number of hydrogen-bond donors (Lipinski definition) is 2. The largest absolute Gasteiger partial charge is 0.484 e. The van der Waals surface area contributed by atoms with E-state index in [0.29, 0.717) is 22.2 Å². The van der Waals surface area contributed by atoms with Crippen molar-refractivity contribution in [2.24, 2.45) is 5.73 Å². The van der Waals surface area contributed by atoms with Crippen molar-refractivity contribution in [3.05, 3.63) is 29.3 Å². The first kappa shape index (κ1) is 15.7. The van der Waals surface area contributed by atoms with E-state index in [9.17, 15) is 4.79 Å². The van der Waals surface area contributed by atoms with E-state index in [-0.39, 0.29) is 18.6 Å². The SMILES string of the molecule is CCC(CC(N)=S)NC(=O)COc1ccc(Cl)cc1. The molecule has 3 N–H and O–H groups in total. The van der Waals surface area contributed by atoms with Crippen LogP contribution in [0.5, 0.6) is 5.75 Å². The molecule has 0 saturated heterocycles. The molecule has 19 heavy (non-hydrogen) atoms. The molecular formula is C13H17ClN2O2S. The Morgan fingerprint density at radius 2 is 2.11 bits per heavy atom. The Hall–Kier alpha value is -1.33. The molecule has 0 bridgehead atoms. The van der Waals surface area contributed by atoms with E-state index in [4.69, 9.17) is 34.3 Å². The molecule has 0 radical (unpaired) electrons. The Bertz CT molecular complexity index is 437. The minimum absolute atomic E-state index is 0.0428. The van der Waals surface area contributed by atoms with Gasteiger partial charge in [0, 0.05) is 17.5 Å². The van der Waals surface area contributed by atoms with Crippen molar-refractivity contribution in [3.8, 4) is 5.75 Å². The van der Waals surface area contributed by atoms with Crippen molar-refractivity contribution in [2.75, 3.05) is 6.61 Å². The first-order valence-corrected chi connectivity index (χ1v) is 6.76. The van der Waals surface area contributed by atoms with Crippen LogP contribution >= 0.6 is 23.8 Å². The molecule has 0 saturated carbocycles. The third-order valence-electron chi connectivity index (χ3n) is 2.49. The highest BCUT2D eigenvalue weighted by molar-refractivity contribution is 7.80. The van der Waals surface area contributed by atoms with Gasteiger partial charge in [0.15, 0.2) is 6.61 Å². The van der Waals surface area contributed by atoms with Crippen molar-refractivity contribution in [1.29, 1.82) is 0 Å². The number of nitrogens with two attached hydrogens (primary N) is 1. The molecule has 4 nitrogen and oxygen atoms in total. The van der Waals surface area contributed by atoms with E-state index in [1.807, 2.05) is 6.92 Å². The molecule has 104 valence electrons. The van der Waals surface area contributed by atoms with Gasteiger partial charge >= 0.3 is 0 Å². The standard InChI is InChI=1S/C13H17ClN2O2S/c1-2-10(7-12(15)19)16-13(17)8-18-11-5-3-9(14)4-6-11/h3-6,10H,2,7-8H2,1H3,(H2,15,19)(H,16,17). The third-order valence-corrected chi connectivity index (χ3v) is 2.91. The topological polar surface area (TPSA) is 64.3 Å². The maximum absolute atomic E-state index is 11.7. The first-order valence-electron chi connectivity index (χ1n) is 5.97. The summed E-state index contributed by atoms with van der Waals surface area (Å²) < 4.78 is 5.34. The van der Waals surface area contributed by atoms with Gasteiger partial charge in [-0.05, 0) is 30.7 Å². The highest BCUT2D eigenvalue weighted by Crippen LogP contribution is 2.15. The molecule has 0 spiro atoms. The predicted octanol–water partition coefficient (Wildman–Crippen LogP) is 2.29. The number of amides is 1. The number of thiocarbonyl (C=S) groups is 1. The maximum Gasteiger partial charge on any atom is 0.258 e. The summed E-state index contributed by atoms with van der Waals surface area (Å²) in [6.45, 7) is 1.92. The Kier molecular flexibility index (Phi) is 6.59. The fourth-order valence-electron chi connectivity index (χ4n) is 1.49. The third kappa shape index (κ3) is 6.40. The molecule has 0 heterocycles. The number of hydrogen-bond acceptors (Lipinski definition) is 3. The number of rotatable bonds is 7. The molecule has 1 rings (SSSR count). The number of benzene rings is 1. The summed E-state index contributed by atoms with van der Waals surface area (Å²) in [6.07, 6.45) is 1.27. The normalized spacial score (nSPS) is 11.7. The molecule has 0 aliphatic heterocycles. The minimum Gasteiger partial charge on any atom is -0.484 e. The van der Waals surface area contributed by atoms with Gasteiger partial charge in [-0.3, -0.25) is 4.79 Å². The molecule has 1 aromatic carbocycles. The molecule has 0 aromatic heterocycles. The molecule has 1 atom stereocenters. The summed E-state index contributed by atoms with van der Waals surface area (Å²) in [5.41, 5.74) is 5.46. The second-order valence-corrected chi connectivity index (χ2v) is 5.05. The number of carbonyl (C=O) groups excluding carboxylic acids is 1. The van der Waals surface area contributed by atoms with Gasteiger partial charge in [0.05, 0.1) is 4.99 Å². The first-order chi connectivity index (χ1) is 9.01. The summed E-state index contributed by atoms with van der Waals surface area (Å²) in [4.78, 5) is 12.1. The summed E-state index contributed by atoms with van der Waals surface area (Å²) in [5, 5.41) is 3.45. The second kappa shape index (κ2) is 7.96. The summed E-state index contributed by atoms with van der Waals surface area (Å²) in [5.74, 6) is 0.403. The molecule has 1 amide bonds. The minimum atomic E-state index is -0.196. The summed E-state index contributed by atoms with van der Waals surface area (Å²) >= 11 is 10.6. The smallest absolute Gasteiger partial charge is 0.258 e. The molecule has 1 unspecified atom stereocenters. The number of halogens is 1. The lowest BCUT2D eigenvalue weighted by molar-refractivity contribution is -0.123. The monoisotopic (exact) mass is 300 g/mol. The van der Waals surface area contributed by atoms with Crippen LogP contribution in [0.2, 0.25) is 5.02 Å². The van der Waals surface area contributed by atoms with Crippen LogP contribution in [0.4, 0.5) is 0 Å². The number of carbonyl (C=O) groups is 1. The lowest BCUT2D eigenvalue weighted by Crippen LogP contribution is -2.39. The Balaban J connectivity index is 2.38. The van der Waals surface area contributed by atoms with Gasteiger partial charge in [-0.25, -0.2) is 0 Å². The molecule has 0 aliphatic rings. The molecule has 1 aromatic rings. The Labute approximate surface area is 123 Å². The highest BCUT2D eigenvalue weighted by Gasteiger charge is 2.11.